The summed E-state index contributed by atoms with van der Waals surface area (Å²) < 4.78 is 12.4. The first kappa shape index (κ1) is 22.3. The molecule has 2 heterocycles. The monoisotopic (exact) mass is 467 g/mol. The number of rotatable bonds is 6. The van der Waals surface area contributed by atoms with Crippen molar-refractivity contribution in [1.29, 1.82) is 0 Å². The van der Waals surface area contributed by atoms with E-state index in [2.05, 4.69) is 46.7 Å². The van der Waals surface area contributed by atoms with Crippen LogP contribution in [0.4, 0.5) is 5.69 Å². The minimum atomic E-state index is -0.413. The molecule has 3 aromatic carbocycles. The molecule has 0 aliphatic carbocycles. The third-order valence-electron chi connectivity index (χ3n) is 6.10. The molecule has 0 saturated carbocycles. The Morgan fingerprint density at radius 3 is 2.57 bits per heavy atom. The Morgan fingerprint density at radius 2 is 1.80 bits per heavy atom. The van der Waals surface area contributed by atoms with Gasteiger partial charge in [-0.05, 0) is 41.8 Å². The van der Waals surface area contributed by atoms with Gasteiger partial charge < -0.3 is 14.8 Å². The first-order valence-corrected chi connectivity index (χ1v) is 11.3. The van der Waals surface area contributed by atoms with Crippen LogP contribution in [0.25, 0.3) is 27.5 Å². The van der Waals surface area contributed by atoms with E-state index in [-0.39, 0.29) is 5.69 Å². The molecule has 0 unspecified atom stereocenters. The first-order valence-electron chi connectivity index (χ1n) is 11.3. The third-order valence-corrected chi connectivity index (χ3v) is 6.10. The van der Waals surface area contributed by atoms with Crippen LogP contribution in [0.15, 0.2) is 60.7 Å². The molecule has 0 saturated heterocycles. The van der Waals surface area contributed by atoms with Crippen molar-refractivity contribution >= 4 is 28.0 Å². The Bertz CT molecular complexity index is 1570. The zero-order valence-electron chi connectivity index (χ0n) is 20.0. The third kappa shape index (κ3) is 3.82. The number of nitrogens with one attached hydrogen (secondary N) is 1. The van der Waals surface area contributed by atoms with Gasteiger partial charge in [0.25, 0.3) is 5.91 Å². The number of aromatic nitrogens is 4. The molecule has 0 aliphatic heterocycles. The number of fused-ring (bicyclic) bond motifs is 2. The van der Waals surface area contributed by atoms with E-state index in [1.807, 2.05) is 25.1 Å². The Hall–Kier alpha value is -4.46. The Balaban J connectivity index is 1.61. The lowest BCUT2D eigenvalue weighted by atomic mass is 9.97. The van der Waals surface area contributed by atoms with E-state index in [9.17, 15) is 4.79 Å². The molecule has 0 atom stereocenters. The van der Waals surface area contributed by atoms with E-state index in [0.29, 0.717) is 34.9 Å². The maximum atomic E-state index is 13.2. The van der Waals surface area contributed by atoms with Crippen molar-refractivity contribution in [3.63, 3.8) is 0 Å². The van der Waals surface area contributed by atoms with Gasteiger partial charge >= 0.3 is 0 Å². The van der Waals surface area contributed by atoms with Gasteiger partial charge in [0, 0.05) is 6.07 Å². The molecule has 0 fully saturated rings. The maximum Gasteiger partial charge on any atom is 0.278 e. The van der Waals surface area contributed by atoms with Crippen molar-refractivity contribution < 1.29 is 14.3 Å². The van der Waals surface area contributed by atoms with E-state index in [1.54, 1.807) is 36.9 Å². The Morgan fingerprint density at radius 1 is 1.00 bits per heavy atom. The number of ether oxygens (including phenoxy) is 2. The van der Waals surface area contributed by atoms with Gasteiger partial charge in [-0.2, -0.15) is 5.10 Å². The lowest BCUT2D eigenvalue weighted by Gasteiger charge is -2.12. The molecule has 0 radical (unpaired) electrons. The van der Waals surface area contributed by atoms with Crippen molar-refractivity contribution in [2.45, 2.75) is 20.3 Å². The van der Waals surface area contributed by atoms with Crippen LogP contribution in [0, 0.1) is 6.92 Å². The summed E-state index contributed by atoms with van der Waals surface area (Å²) in [6.07, 6.45) is 0.712. The van der Waals surface area contributed by atoms with Crippen LogP contribution in [0.5, 0.6) is 11.5 Å². The maximum absolute atomic E-state index is 13.2. The van der Waals surface area contributed by atoms with Crippen LogP contribution in [-0.4, -0.2) is 39.9 Å². The quantitative estimate of drug-likeness (QED) is 0.374. The molecular formula is C27H25N5O3. The van der Waals surface area contributed by atoms with Crippen molar-refractivity contribution in [2.75, 3.05) is 19.5 Å². The number of nitrogens with zero attached hydrogens (tertiary/aromatic N) is 4. The second-order valence-corrected chi connectivity index (χ2v) is 8.09. The molecule has 35 heavy (non-hydrogen) atoms. The van der Waals surface area contributed by atoms with Gasteiger partial charge in [0.1, 0.15) is 11.5 Å². The van der Waals surface area contributed by atoms with Crippen molar-refractivity contribution in [3.05, 3.63) is 77.7 Å². The van der Waals surface area contributed by atoms with E-state index >= 15 is 0 Å². The highest BCUT2D eigenvalue weighted by Gasteiger charge is 2.23. The molecular weight excluding hydrogens is 442 g/mol. The van der Waals surface area contributed by atoms with Crippen LogP contribution >= 0.6 is 0 Å². The van der Waals surface area contributed by atoms with Crippen LogP contribution in [0.3, 0.4) is 0 Å². The molecule has 8 heteroatoms. The van der Waals surface area contributed by atoms with Crippen molar-refractivity contribution in [3.8, 4) is 22.6 Å². The molecule has 1 N–H and O–H groups in total. The van der Waals surface area contributed by atoms with Gasteiger partial charge in [0.05, 0.1) is 36.9 Å². The van der Waals surface area contributed by atoms with E-state index in [1.165, 1.54) is 0 Å². The number of carbonyl (C=O) groups is 1. The normalized spacial score (nSPS) is 11.1. The van der Waals surface area contributed by atoms with Gasteiger partial charge in [-0.3, -0.25) is 4.79 Å². The summed E-state index contributed by atoms with van der Waals surface area (Å²) in [5.74, 6) is 0.693. The summed E-state index contributed by atoms with van der Waals surface area (Å²) in [5.41, 5.74) is 4.73. The highest BCUT2D eigenvalue weighted by Crippen LogP contribution is 2.34. The SMILES string of the molecule is CCc1nn2c(C)c(C(=O)Nc3cc(OC)ccc3OC)nnc2c1-c1cccc2ccccc12. The summed E-state index contributed by atoms with van der Waals surface area (Å²) in [7, 11) is 3.10. The molecule has 0 bridgehead atoms. The van der Waals surface area contributed by atoms with Gasteiger partial charge in [-0.1, -0.05) is 49.4 Å². The fraction of sp³-hybridized carbons (Fsp3) is 0.185. The van der Waals surface area contributed by atoms with Gasteiger partial charge in [0.15, 0.2) is 11.3 Å². The zero-order valence-corrected chi connectivity index (χ0v) is 20.0. The zero-order chi connectivity index (χ0) is 24.5. The molecule has 2 aromatic heterocycles. The summed E-state index contributed by atoms with van der Waals surface area (Å²) in [4.78, 5) is 13.2. The lowest BCUT2D eigenvalue weighted by molar-refractivity contribution is 0.101. The van der Waals surface area contributed by atoms with E-state index < -0.39 is 5.91 Å². The minimum Gasteiger partial charge on any atom is -0.497 e. The van der Waals surface area contributed by atoms with Gasteiger partial charge in [-0.25, -0.2) is 4.52 Å². The molecule has 5 aromatic rings. The first-order chi connectivity index (χ1) is 17.0. The molecule has 0 spiro atoms. The predicted molar refractivity (Wildman–Crippen MR) is 135 cm³/mol. The summed E-state index contributed by atoms with van der Waals surface area (Å²) in [6.45, 7) is 3.88. The van der Waals surface area contributed by atoms with Gasteiger partial charge in [0.2, 0.25) is 0 Å². The largest absolute Gasteiger partial charge is 0.497 e. The lowest BCUT2D eigenvalue weighted by Crippen LogP contribution is -2.19. The second kappa shape index (κ2) is 9.06. The van der Waals surface area contributed by atoms with Crippen LogP contribution < -0.4 is 14.8 Å². The number of anilines is 1. The number of carbonyl (C=O) groups excluding carboxylic acids is 1. The number of aryl methyl sites for hydroxylation is 2. The average molecular weight is 468 g/mol. The molecule has 0 aliphatic rings. The number of hydrogen-bond donors (Lipinski definition) is 1. The molecule has 5 rings (SSSR count). The van der Waals surface area contributed by atoms with E-state index in [4.69, 9.17) is 14.6 Å². The summed E-state index contributed by atoms with van der Waals surface area (Å²) >= 11 is 0. The molecule has 176 valence electrons. The Kier molecular flexibility index (Phi) is 5.78. The number of hydrogen-bond acceptors (Lipinski definition) is 6. The highest BCUT2D eigenvalue weighted by atomic mass is 16.5. The van der Waals surface area contributed by atoms with Crippen LogP contribution in [-0.2, 0) is 6.42 Å². The molecule has 1 amide bonds. The summed E-state index contributed by atoms with van der Waals surface area (Å²) in [5, 5.41) is 18.7. The highest BCUT2D eigenvalue weighted by molar-refractivity contribution is 6.05. The second-order valence-electron chi connectivity index (χ2n) is 8.09. The number of amides is 1. The topological polar surface area (TPSA) is 90.6 Å². The van der Waals surface area contributed by atoms with Crippen molar-refractivity contribution in [2.24, 2.45) is 0 Å². The predicted octanol–water partition coefficient (Wildman–Crippen LogP) is 5.08. The standard InChI is InChI=1S/C27H25N5O3/c1-5-21-24(20-12-8-10-17-9-6-7-11-19(17)20)26-30-29-25(16(2)32(26)31-21)27(33)28-22-15-18(34-3)13-14-23(22)35-4/h6-15H,5H2,1-4H3,(H,28,33). The Labute approximate surface area is 202 Å². The fourth-order valence-electron chi connectivity index (χ4n) is 4.32. The van der Waals surface area contributed by atoms with E-state index in [0.717, 1.165) is 27.6 Å². The van der Waals surface area contributed by atoms with Crippen molar-refractivity contribution in [1.82, 2.24) is 19.8 Å². The number of benzene rings is 3. The smallest absolute Gasteiger partial charge is 0.278 e. The van der Waals surface area contributed by atoms with Gasteiger partial charge in [-0.15, -0.1) is 10.2 Å². The van der Waals surface area contributed by atoms with Crippen LogP contribution in [0.1, 0.15) is 28.8 Å². The molecule has 8 nitrogen and oxygen atoms in total. The average Bonchev–Trinajstić information content (AvgIpc) is 3.27. The minimum absolute atomic E-state index is 0.178. The van der Waals surface area contributed by atoms with Crippen LogP contribution in [0.2, 0.25) is 0 Å². The fourth-order valence-corrected chi connectivity index (χ4v) is 4.32. The summed E-state index contributed by atoms with van der Waals surface area (Å²) in [6, 6.07) is 19.6. The number of methoxy groups -OCH3 is 2.